The van der Waals surface area contributed by atoms with Crippen molar-refractivity contribution in [3.63, 3.8) is 0 Å². The molecule has 0 aromatic heterocycles. The molecule has 0 spiro atoms. The fraction of sp³-hybridized carbons (Fsp3) is 0. The molecule has 6 heteroatoms. The zero-order chi connectivity index (χ0) is 22.2. The van der Waals surface area contributed by atoms with E-state index < -0.39 is 5.97 Å². The number of benzene rings is 1. The summed E-state index contributed by atoms with van der Waals surface area (Å²) in [4.78, 5) is 31.2. The summed E-state index contributed by atoms with van der Waals surface area (Å²) in [5.41, 5.74) is 6.34. The van der Waals surface area contributed by atoms with Crippen LogP contribution in [0.4, 0.5) is 0 Å². The van der Waals surface area contributed by atoms with E-state index in [2.05, 4.69) is 20.0 Å². The molecule has 0 amide bonds. The third-order valence-electron chi connectivity index (χ3n) is 5.21. The fourth-order valence-electron chi connectivity index (χ4n) is 3.69. The average Bonchev–Trinajstić information content (AvgIpc) is 3.60. The lowest BCUT2D eigenvalue weighted by Gasteiger charge is -2.05. The summed E-state index contributed by atoms with van der Waals surface area (Å²) in [5.74, 6) is -0.0750. The molecule has 1 aromatic rings. The van der Waals surface area contributed by atoms with Crippen molar-refractivity contribution in [2.24, 2.45) is 20.0 Å². The Labute approximate surface area is 189 Å². The predicted molar refractivity (Wildman–Crippen MR) is 129 cm³/mol. The van der Waals surface area contributed by atoms with Crippen LogP contribution in [-0.2, 0) is 4.74 Å². The van der Waals surface area contributed by atoms with Gasteiger partial charge < -0.3 is 4.74 Å². The Morgan fingerprint density at radius 2 is 1.12 bits per heavy atom. The van der Waals surface area contributed by atoms with Crippen LogP contribution >= 0.6 is 0 Å². The van der Waals surface area contributed by atoms with Crippen molar-refractivity contribution in [3.05, 3.63) is 131 Å². The van der Waals surface area contributed by atoms with E-state index in [9.17, 15) is 4.79 Å². The highest BCUT2D eigenvalue weighted by Gasteiger charge is 2.21. The van der Waals surface area contributed by atoms with E-state index >= 15 is 0 Å². The molecule has 0 saturated carbocycles. The maximum atomic E-state index is 12.7. The van der Waals surface area contributed by atoms with Gasteiger partial charge in [0.05, 0.1) is 45.5 Å². The van der Waals surface area contributed by atoms with Gasteiger partial charge in [-0.05, 0) is 72.9 Å². The quantitative estimate of drug-likeness (QED) is 0.637. The summed E-state index contributed by atoms with van der Waals surface area (Å²) in [5, 5.41) is 0. The van der Waals surface area contributed by atoms with Crippen LogP contribution in [0.25, 0.3) is 0 Å². The zero-order valence-electron chi connectivity index (χ0n) is 17.3. The summed E-state index contributed by atoms with van der Waals surface area (Å²) >= 11 is 0. The van der Waals surface area contributed by atoms with E-state index in [4.69, 9.17) is 4.74 Å². The molecular formula is C27H16N4O2. The number of esters is 1. The molecule has 0 unspecified atom stereocenters. The first-order valence-corrected chi connectivity index (χ1v) is 10.4. The number of carbonyl (C=O) groups is 1. The molecule has 0 saturated heterocycles. The van der Waals surface area contributed by atoms with Gasteiger partial charge in [0.15, 0.2) is 5.76 Å². The molecule has 5 aliphatic heterocycles. The van der Waals surface area contributed by atoms with Gasteiger partial charge in [0.2, 0.25) is 0 Å². The van der Waals surface area contributed by atoms with Crippen LogP contribution in [0.15, 0.2) is 146 Å². The topological polar surface area (TPSA) is 75.7 Å². The molecule has 6 nitrogen and oxygen atoms in total. The SMILES string of the molecule is O=C(OC1=CC2=CC3=NC(=CC4=NC(=CC5=NC(=CC1=N2)C=C5)C=C4)C=C3)c1ccccc1. The second-order valence-electron chi connectivity index (χ2n) is 7.65. The van der Waals surface area contributed by atoms with E-state index in [-0.39, 0.29) is 0 Å². The fourth-order valence-corrected chi connectivity index (χ4v) is 3.69. The van der Waals surface area contributed by atoms with Gasteiger partial charge in [-0.15, -0.1) is 0 Å². The van der Waals surface area contributed by atoms with Crippen molar-refractivity contribution < 1.29 is 9.53 Å². The highest BCUT2D eigenvalue weighted by molar-refractivity contribution is 6.16. The Hall–Kier alpha value is -4.71. The number of ether oxygens (including phenoxy) is 1. The Morgan fingerprint density at radius 1 is 0.576 bits per heavy atom. The van der Waals surface area contributed by atoms with Gasteiger partial charge in [0.1, 0.15) is 5.71 Å². The number of rotatable bonds is 2. The van der Waals surface area contributed by atoms with Crippen LogP contribution in [-0.4, -0.2) is 28.8 Å². The van der Waals surface area contributed by atoms with Crippen molar-refractivity contribution in [1.29, 1.82) is 0 Å². The van der Waals surface area contributed by atoms with Crippen LogP contribution in [0.3, 0.4) is 0 Å². The monoisotopic (exact) mass is 428 g/mol. The van der Waals surface area contributed by atoms with Gasteiger partial charge in [-0.25, -0.2) is 24.8 Å². The smallest absolute Gasteiger partial charge is 0.343 e. The van der Waals surface area contributed by atoms with E-state index in [1.165, 1.54) is 0 Å². The normalized spacial score (nSPS) is 19.7. The van der Waals surface area contributed by atoms with Crippen molar-refractivity contribution in [1.82, 2.24) is 0 Å². The largest absolute Gasteiger partial charge is 0.421 e. The van der Waals surface area contributed by atoms with Crippen molar-refractivity contribution in [3.8, 4) is 0 Å². The first-order valence-electron chi connectivity index (χ1n) is 10.4. The second-order valence-corrected chi connectivity index (χ2v) is 7.65. The minimum absolute atomic E-state index is 0.369. The Balaban J connectivity index is 1.41. The second kappa shape index (κ2) is 7.76. The third kappa shape index (κ3) is 3.97. The van der Waals surface area contributed by atoms with Gasteiger partial charge in [0, 0.05) is 6.08 Å². The van der Waals surface area contributed by atoms with Crippen molar-refractivity contribution >= 4 is 28.8 Å². The summed E-state index contributed by atoms with van der Waals surface area (Å²) < 4.78 is 5.71. The minimum Gasteiger partial charge on any atom is -0.421 e. The minimum atomic E-state index is -0.444. The molecule has 5 aliphatic rings. The van der Waals surface area contributed by atoms with Crippen LogP contribution in [0, 0.1) is 0 Å². The van der Waals surface area contributed by atoms with E-state index in [1.54, 1.807) is 36.4 Å². The maximum absolute atomic E-state index is 12.7. The Kier molecular flexibility index (Phi) is 4.47. The number of carbonyl (C=O) groups excluding carboxylic acids is 1. The molecule has 0 atom stereocenters. The number of hydrogen-bond donors (Lipinski definition) is 0. The number of allylic oxidation sites excluding steroid dienone is 11. The summed E-state index contributed by atoms with van der Waals surface area (Å²) in [6.07, 6.45) is 20.8. The lowest BCUT2D eigenvalue weighted by molar-refractivity contribution is 0.0645. The van der Waals surface area contributed by atoms with Crippen LogP contribution in [0.5, 0.6) is 0 Å². The van der Waals surface area contributed by atoms with Crippen molar-refractivity contribution in [2.45, 2.75) is 0 Å². The molecule has 1 aromatic carbocycles. The molecule has 156 valence electrons. The molecule has 0 radical (unpaired) electrons. The van der Waals surface area contributed by atoms with Gasteiger partial charge in [-0.1, -0.05) is 18.2 Å². The number of hydrogen-bond acceptors (Lipinski definition) is 6. The van der Waals surface area contributed by atoms with Gasteiger partial charge in [-0.3, -0.25) is 0 Å². The first-order chi connectivity index (χ1) is 16.2. The molecule has 0 fully saturated rings. The lowest BCUT2D eigenvalue weighted by atomic mass is 10.2. The number of nitrogens with zero attached hydrogens (tertiary/aromatic N) is 4. The standard InChI is InChI=1S/C27H16N4O2/c32-27(17-4-2-1-3-5-17)33-26-16-24-14-22-9-8-20(29-22)12-18-6-7-19(28-18)13-21-10-11-23(30-21)15-25(26)31-24/h1-16H. The Bertz CT molecular complexity index is 1470. The Morgan fingerprint density at radius 3 is 1.73 bits per heavy atom. The number of aliphatic imine (C=N–C) groups is 4. The summed E-state index contributed by atoms with van der Waals surface area (Å²) in [6, 6.07) is 8.87. The summed E-state index contributed by atoms with van der Waals surface area (Å²) in [6.45, 7) is 0. The molecule has 0 aliphatic carbocycles. The van der Waals surface area contributed by atoms with Gasteiger partial charge in [0.25, 0.3) is 0 Å². The van der Waals surface area contributed by atoms with Crippen LogP contribution in [0.2, 0.25) is 0 Å². The zero-order valence-corrected chi connectivity index (χ0v) is 17.3. The third-order valence-corrected chi connectivity index (χ3v) is 5.21. The lowest BCUT2D eigenvalue weighted by Crippen LogP contribution is -2.09. The highest BCUT2D eigenvalue weighted by atomic mass is 16.5. The number of fused-ring (bicyclic) bond motifs is 4. The molecule has 33 heavy (non-hydrogen) atoms. The first kappa shape index (κ1) is 19.0. The molecular weight excluding hydrogens is 412 g/mol. The van der Waals surface area contributed by atoms with Crippen LogP contribution in [0.1, 0.15) is 10.4 Å². The molecule has 5 heterocycles. The maximum Gasteiger partial charge on any atom is 0.343 e. The average molecular weight is 428 g/mol. The molecule has 6 rings (SSSR count). The summed E-state index contributed by atoms with van der Waals surface area (Å²) in [7, 11) is 0. The highest BCUT2D eigenvalue weighted by Crippen LogP contribution is 2.24. The van der Waals surface area contributed by atoms with E-state index in [1.807, 2.05) is 60.8 Å². The van der Waals surface area contributed by atoms with Gasteiger partial charge in [-0.2, -0.15) is 0 Å². The van der Waals surface area contributed by atoms with Gasteiger partial charge >= 0.3 is 5.97 Å². The van der Waals surface area contributed by atoms with E-state index in [0.29, 0.717) is 28.4 Å². The molecule has 0 N–H and O–H groups in total. The molecule has 8 bridgehead atoms. The van der Waals surface area contributed by atoms with E-state index in [0.717, 1.165) is 28.5 Å². The predicted octanol–water partition coefficient (Wildman–Crippen LogP) is 4.76. The van der Waals surface area contributed by atoms with Crippen LogP contribution < -0.4 is 0 Å². The van der Waals surface area contributed by atoms with Crippen molar-refractivity contribution in [2.75, 3.05) is 0 Å².